The Morgan fingerprint density at radius 2 is 2.38 bits per heavy atom. The van der Waals surface area contributed by atoms with Crippen molar-refractivity contribution in [1.29, 1.82) is 5.26 Å². The minimum atomic E-state index is -0.387. The predicted octanol–water partition coefficient (Wildman–Crippen LogP) is 1.62. The molecular formula is C14H13N5O2. The van der Waals surface area contributed by atoms with Crippen LogP contribution in [-0.2, 0) is 0 Å². The average molecular weight is 283 g/mol. The number of benzene rings is 1. The van der Waals surface area contributed by atoms with Gasteiger partial charge in [-0.1, -0.05) is 11.2 Å². The fourth-order valence-electron chi connectivity index (χ4n) is 2.22. The number of hydrogen-bond acceptors (Lipinski definition) is 6. The van der Waals surface area contributed by atoms with Gasteiger partial charge in [0.25, 0.3) is 5.91 Å². The molecule has 1 aliphatic rings. The summed E-state index contributed by atoms with van der Waals surface area (Å²) in [6.45, 7) is 0.926. The van der Waals surface area contributed by atoms with E-state index in [-0.39, 0.29) is 18.0 Å². The van der Waals surface area contributed by atoms with Crippen LogP contribution < -0.4 is 10.6 Å². The quantitative estimate of drug-likeness (QED) is 0.887. The van der Waals surface area contributed by atoms with Gasteiger partial charge in [0.2, 0.25) is 5.89 Å². The largest absolute Gasteiger partial charge is 0.406 e. The summed E-state index contributed by atoms with van der Waals surface area (Å²) in [6.07, 6.45) is 2.01. The van der Waals surface area contributed by atoms with Gasteiger partial charge in [-0.3, -0.25) is 10.1 Å². The second-order valence-corrected chi connectivity index (χ2v) is 4.74. The zero-order chi connectivity index (χ0) is 14.7. The highest BCUT2D eigenvalue weighted by Crippen LogP contribution is 2.23. The van der Waals surface area contributed by atoms with Crippen LogP contribution in [0, 0.1) is 11.3 Å². The van der Waals surface area contributed by atoms with Gasteiger partial charge in [-0.15, -0.1) is 5.10 Å². The van der Waals surface area contributed by atoms with E-state index in [4.69, 9.17) is 9.68 Å². The van der Waals surface area contributed by atoms with Crippen molar-refractivity contribution >= 4 is 11.9 Å². The topological polar surface area (TPSA) is 104 Å². The van der Waals surface area contributed by atoms with E-state index < -0.39 is 0 Å². The summed E-state index contributed by atoms with van der Waals surface area (Å²) in [5.41, 5.74) is 0.789. The highest BCUT2D eigenvalue weighted by atomic mass is 16.4. The fourth-order valence-corrected chi connectivity index (χ4v) is 2.22. The molecule has 0 saturated carbocycles. The molecule has 7 nitrogen and oxygen atoms in total. The normalized spacial score (nSPS) is 17.4. The van der Waals surface area contributed by atoms with E-state index in [0.717, 1.165) is 19.4 Å². The molecule has 1 unspecified atom stereocenters. The van der Waals surface area contributed by atoms with Crippen LogP contribution in [0.15, 0.2) is 28.7 Å². The summed E-state index contributed by atoms with van der Waals surface area (Å²) in [7, 11) is 0. The Balaban J connectivity index is 1.71. The lowest BCUT2D eigenvalue weighted by atomic mass is 10.1. The highest BCUT2D eigenvalue weighted by molar-refractivity contribution is 6.03. The number of anilines is 1. The molecule has 7 heteroatoms. The van der Waals surface area contributed by atoms with Crippen LogP contribution in [0.1, 0.15) is 40.7 Å². The summed E-state index contributed by atoms with van der Waals surface area (Å²) in [5.74, 6) is 0.0928. The van der Waals surface area contributed by atoms with Crippen LogP contribution in [0.25, 0.3) is 0 Å². The summed E-state index contributed by atoms with van der Waals surface area (Å²) in [6, 6.07) is 8.51. The molecule has 2 N–H and O–H groups in total. The predicted molar refractivity (Wildman–Crippen MR) is 73.4 cm³/mol. The van der Waals surface area contributed by atoms with Gasteiger partial charge in [-0.05, 0) is 37.6 Å². The molecule has 3 rings (SSSR count). The van der Waals surface area contributed by atoms with Crippen LogP contribution >= 0.6 is 0 Å². The molecule has 1 fully saturated rings. The molecule has 0 spiro atoms. The zero-order valence-electron chi connectivity index (χ0n) is 11.2. The van der Waals surface area contributed by atoms with E-state index in [9.17, 15) is 4.79 Å². The summed E-state index contributed by atoms with van der Waals surface area (Å²) in [5, 5.41) is 22.4. The first-order valence-corrected chi connectivity index (χ1v) is 6.64. The number of hydrogen-bond donors (Lipinski definition) is 2. The molecule has 1 saturated heterocycles. The number of carbonyl (C=O) groups is 1. The third kappa shape index (κ3) is 2.90. The van der Waals surface area contributed by atoms with Gasteiger partial charge < -0.3 is 9.73 Å². The maximum Gasteiger partial charge on any atom is 0.322 e. The Morgan fingerprint density at radius 1 is 1.48 bits per heavy atom. The van der Waals surface area contributed by atoms with Crippen LogP contribution in [0.4, 0.5) is 6.01 Å². The lowest BCUT2D eigenvalue weighted by molar-refractivity contribution is 0.102. The Labute approximate surface area is 121 Å². The number of rotatable bonds is 3. The molecule has 1 aliphatic heterocycles. The van der Waals surface area contributed by atoms with E-state index in [2.05, 4.69) is 20.8 Å². The Hall–Kier alpha value is -2.72. The molecule has 1 aromatic heterocycles. The standard InChI is InChI=1S/C14H13N5O2/c15-8-9-3-1-4-10(7-9)12(20)17-14-19-18-13(21-14)11-5-2-6-16-11/h1,3-4,7,11,16H,2,5-6H2,(H,17,19,20). The molecule has 1 atom stereocenters. The maximum absolute atomic E-state index is 12.0. The first-order valence-electron chi connectivity index (χ1n) is 6.64. The minimum absolute atomic E-state index is 0.0602. The Kier molecular flexibility index (Phi) is 3.62. The number of amides is 1. The summed E-state index contributed by atoms with van der Waals surface area (Å²) in [4.78, 5) is 12.0. The number of nitrogens with one attached hydrogen (secondary N) is 2. The number of nitrogens with zero attached hydrogens (tertiary/aromatic N) is 3. The van der Waals surface area contributed by atoms with Crippen molar-refractivity contribution in [3.8, 4) is 6.07 Å². The van der Waals surface area contributed by atoms with E-state index in [1.54, 1.807) is 18.2 Å². The zero-order valence-corrected chi connectivity index (χ0v) is 11.2. The SMILES string of the molecule is N#Cc1cccc(C(=O)Nc2nnc(C3CCCN3)o2)c1. The van der Waals surface area contributed by atoms with Gasteiger partial charge in [-0.25, -0.2) is 0 Å². The Bertz CT molecular complexity index is 697. The van der Waals surface area contributed by atoms with E-state index >= 15 is 0 Å². The van der Waals surface area contributed by atoms with Crippen LogP contribution in [0.5, 0.6) is 0 Å². The highest BCUT2D eigenvalue weighted by Gasteiger charge is 2.22. The number of carbonyl (C=O) groups excluding carboxylic acids is 1. The van der Waals surface area contributed by atoms with Gasteiger partial charge in [0.1, 0.15) is 0 Å². The van der Waals surface area contributed by atoms with Crippen molar-refractivity contribution < 1.29 is 9.21 Å². The van der Waals surface area contributed by atoms with E-state index in [0.29, 0.717) is 17.0 Å². The van der Waals surface area contributed by atoms with Crippen LogP contribution in [0.2, 0.25) is 0 Å². The van der Waals surface area contributed by atoms with E-state index in [1.807, 2.05) is 6.07 Å². The first kappa shape index (κ1) is 13.3. The number of aromatic nitrogens is 2. The van der Waals surface area contributed by atoms with Crippen molar-refractivity contribution in [3.05, 3.63) is 41.3 Å². The lowest BCUT2D eigenvalue weighted by Gasteiger charge is -2.03. The molecule has 1 amide bonds. The van der Waals surface area contributed by atoms with E-state index in [1.165, 1.54) is 6.07 Å². The van der Waals surface area contributed by atoms with Gasteiger partial charge in [0.15, 0.2) is 0 Å². The third-order valence-electron chi connectivity index (χ3n) is 3.27. The third-order valence-corrected chi connectivity index (χ3v) is 3.27. The van der Waals surface area contributed by atoms with Gasteiger partial charge in [-0.2, -0.15) is 5.26 Å². The molecule has 2 aromatic rings. The molecule has 0 radical (unpaired) electrons. The van der Waals surface area contributed by atoms with Crippen molar-refractivity contribution in [2.75, 3.05) is 11.9 Å². The first-order chi connectivity index (χ1) is 10.3. The van der Waals surface area contributed by atoms with Crippen molar-refractivity contribution in [2.24, 2.45) is 0 Å². The van der Waals surface area contributed by atoms with Crippen molar-refractivity contribution in [2.45, 2.75) is 18.9 Å². The monoisotopic (exact) mass is 283 g/mol. The number of nitriles is 1. The molecule has 106 valence electrons. The smallest absolute Gasteiger partial charge is 0.322 e. The van der Waals surface area contributed by atoms with Gasteiger partial charge in [0.05, 0.1) is 17.7 Å². The molecular weight excluding hydrogens is 270 g/mol. The molecule has 1 aromatic carbocycles. The second-order valence-electron chi connectivity index (χ2n) is 4.74. The second kappa shape index (κ2) is 5.73. The van der Waals surface area contributed by atoms with Gasteiger partial charge in [0, 0.05) is 5.56 Å². The molecule has 0 aliphatic carbocycles. The van der Waals surface area contributed by atoms with Crippen LogP contribution in [-0.4, -0.2) is 22.6 Å². The van der Waals surface area contributed by atoms with Crippen LogP contribution in [0.3, 0.4) is 0 Å². The van der Waals surface area contributed by atoms with Gasteiger partial charge >= 0.3 is 6.01 Å². The molecule has 0 bridgehead atoms. The fraction of sp³-hybridized carbons (Fsp3) is 0.286. The summed E-state index contributed by atoms with van der Waals surface area (Å²) >= 11 is 0. The Morgan fingerprint density at radius 3 is 3.14 bits per heavy atom. The molecule has 2 heterocycles. The summed E-state index contributed by atoms with van der Waals surface area (Å²) < 4.78 is 5.43. The maximum atomic E-state index is 12.0. The lowest BCUT2D eigenvalue weighted by Crippen LogP contribution is -2.13. The average Bonchev–Trinajstić information content (AvgIpc) is 3.18. The minimum Gasteiger partial charge on any atom is -0.406 e. The van der Waals surface area contributed by atoms with Crippen molar-refractivity contribution in [3.63, 3.8) is 0 Å². The van der Waals surface area contributed by atoms with Crippen molar-refractivity contribution in [1.82, 2.24) is 15.5 Å². The molecule has 21 heavy (non-hydrogen) atoms.